The second-order valence-corrected chi connectivity index (χ2v) is 11.1. The molecule has 0 radical (unpaired) electrons. The minimum Gasteiger partial charge on any atom is -0.384 e. The van der Waals surface area contributed by atoms with Crippen LogP contribution in [0.5, 0.6) is 0 Å². The molecular formula is C28H31F3N4O3. The number of aromatic nitrogens is 1. The van der Waals surface area contributed by atoms with E-state index in [4.69, 9.17) is 4.74 Å². The maximum absolute atomic E-state index is 14.0. The molecule has 1 fully saturated rings. The maximum atomic E-state index is 14.0. The number of fused-ring (bicyclic) bond motifs is 4. The van der Waals surface area contributed by atoms with E-state index in [1.54, 1.807) is 12.0 Å². The van der Waals surface area contributed by atoms with Crippen molar-refractivity contribution in [3.05, 3.63) is 57.9 Å². The molecule has 0 saturated carbocycles. The van der Waals surface area contributed by atoms with Crippen LogP contribution in [0.2, 0.25) is 0 Å². The Hall–Kier alpha value is -2.98. The van der Waals surface area contributed by atoms with Gasteiger partial charge in [0.05, 0.1) is 23.5 Å². The number of nitrogens with zero attached hydrogens (tertiary/aromatic N) is 3. The lowest BCUT2D eigenvalue weighted by atomic mass is 9.85. The number of anilines is 1. The molecule has 38 heavy (non-hydrogen) atoms. The van der Waals surface area contributed by atoms with Crippen LogP contribution in [0.25, 0.3) is 0 Å². The van der Waals surface area contributed by atoms with Crippen molar-refractivity contribution in [1.29, 1.82) is 0 Å². The van der Waals surface area contributed by atoms with Crippen molar-refractivity contribution in [2.75, 3.05) is 38.7 Å². The van der Waals surface area contributed by atoms with Gasteiger partial charge in [0.1, 0.15) is 0 Å². The van der Waals surface area contributed by atoms with Gasteiger partial charge in [-0.05, 0) is 67.1 Å². The van der Waals surface area contributed by atoms with Crippen molar-refractivity contribution in [3.63, 3.8) is 0 Å². The zero-order valence-electron chi connectivity index (χ0n) is 21.5. The maximum Gasteiger partial charge on any atom is 0.417 e. The summed E-state index contributed by atoms with van der Waals surface area (Å²) >= 11 is 0. The molecule has 7 nitrogen and oxygen atoms in total. The summed E-state index contributed by atoms with van der Waals surface area (Å²) in [6, 6.07) is 5.38. The number of hydrogen-bond donors (Lipinski definition) is 1. The van der Waals surface area contributed by atoms with Crippen molar-refractivity contribution >= 4 is 17.5 Å². The number of halogens is 3. The molecule has 202 valence electrons. The summed E-state index contributed by atoms with van der Waals surface area (Å²) < 4.78 is 45.4. The summed E-state index contributed by atoms with van der Waals surface area (Å²) in [6.45, 7) is 3.99. The Bertz CT molecular complexity index is 1310. The van der Waals surface area contributed by atoms with Crippen molar-refractivity contribution < 1.29 is 27.5 Å². The second kappa shape index (κ2) is 9.05. The molecule has 6 rings (SSSR count). The Morgan fingerprint density at radius 2 is 2.08 bits per heavy atom. The van der Waals surface area contributed by atoms with Crippen molar-refractivity contribution in [3.8, 4) is 0 Å². The Morgan fingerprint density at radius 3 is 2.84 bits per heavy atom. The number of carbonyl (C=O) groups is 2. The molecule has 0 bridgehead atoms. The predicted octanol–water partition coefficient (Wildman–Crippen LogP) is 4.07. The van der Waals surface area contributed by atoms with Gasteiger partial charge >= 0.3 is 6.18 Å². The molecule has 3 unspecified atom stereocenters. The number of amides is 2. The number of methoxy groups -OCH3 is 1. The van der Waals surface area contributed by atoms with E-state index in [0.29, 0.717) is 37.2 Å². The van der Waals surface area contributed by atoms with E-state index >= 15 is 0 Å². The van der Waals surface area contributed by atoms with Crippen molar-refractivity contribution in [2.24, 2.45) is 5.41 Å². The van der Waals surface area contributed by atoms with Gasteiger partial charge in [0.25, 0.3) is 0 Å². The number of benzene rings is 1. The van der Waals surface area contributed by atoms with E-state index in [1.807, 2.05) is 13.0 Å². The molecule has 4 aliphatic rings. The van der Waals surface area contributed by atoms with Crippen LogP contribution < -0.4 is 5.32 Å². The lowest BCUT2D eigenvalue weighted by Crippen LogP contribution is -2.49. The number of hydrogen-bond acceptors (Lipinski definition) is 5. The lowest BCUT2D eigenvalue weighted by Gasteiger charge is -2.37. The zero-order valence-corrected chi connectivity index (χ0v) is 21.5. The number of rotatable bonds is 4. The Balaban J connectivity index is 1.23. The number of alkyl halides is 3. The first kappa shape index (κ1) is 25.3. The van der Waals surface area contributed by atoms with Gasteiger partial charge in [-0.25, -0.2) is 0 Å². The highest BCUT2D eigenvalue weighted by Gasteiger charge is 2.50. The van der Waals surface area contributed by atoms with Crippen LogP contribution in [0.3, 0.4) is 0 Å². The molecule has 4 heterocycles. The van der Waals surface area contributed by atoms with Crippen LogP contribution >= 0.6 is 0 Å². The molecule has 1 aromatic carbocycles. The third-order valence-electron chi connectivity index (χ3n) is 8.86. The standard InChI is InChI=1S/C28H31F3N4O3/c1-16-24-20-4-6-23(19(20)3-5-22(24)33-25(16)36)35-10-8-27(14-35,15-38-2)26(37)34-9-7-21-17(13-34)11-18(12-32-21)28(29,30)31/h3,5,11-12,16,23H,4,6-10,13-15H2,1-2H3,(H,33,36). The topological polar surface area (TPSA) is 74.8 Å². The minimum atomic E-state index is -4.48. The first-order valence-electron chi connectivity index (χ1n) is 13.2. The average molecular weight is 529 g/mol. The highest BCUT2D eigenvalue weighted by Crippen LogP contribution is 2.48. The van der Waals surface area contributed by atoms with E-state index in [1.165, 1.54) is 11.1 Å². The largest absolute Gasteiger partial charge is 0.417 e. The first-order valence-corrected chi connectivity index (χ1v) is 13.2. The van der Waals surface area contributed by atoms with E-state index in [-0.39, 0.29) is 36.9 Å². The molecular weight excluding hydrogens is 497 g/mol. The molecule has 2 aromatic rings. The summed E-state index contributed by atoms with van der Waals surface area (Å²) in [6.07, 6.45) is -0.737. The summed E-state index contributed by atoms with van der Waals surface area (Å²) in [5.41, 5.74) is 4.01. The minimum absolute atomic E-state index is 0.0309. The van der Waals surface area contributed by atoms with Crippen LogP contribution in [-0.4, -0.2) is 59.9 Å². The molecule has 1 saturated heterocycles. The van der Waals surface area contributed by atoms with Gasteiger partial charge in [0.15, 0.2) is 0 Å². The number of carbonyl (C=O) groups excluding carboxylic acids is 2. The fourth-order valence-corrected chi connectivity index (χ4v) is 6.96. The van der Waals surface area contributed by atoms with Gasteiger partial charge in [-0.15, -0.1) is 0 Å². The molecule has 2 amide bonds. The second-order valence-electron chi connectivity index (χ2n) is 11.1. The number of likely N-dealkylation sites (tertiary alicyclic amines) is 1. The molecule has 1 aromatic heterocycles. The smallest absolute Gasteiger partial charge is 0.384 e. The summed E-state index contributed by atoms with van der Waals surface area (Å²) in [4.78, 5) is 34.3. The summed E-state index contributed by atoms with van der Waals surface area (Å²) in [5.74, 6) is -0.204. The number of nitrogens with one attached hydrogen (secondary N) is 1. The quantitative estimate of drug-likeness (QED) is 0.648. The fourth-order valence-electron chi connectivity index (χ4n) is 6.96. The van der Waals surface area contributed by atoms with Crippen LogP contribution in [0.4, 0.5) is 18.9 Å². The fraction of sp³-hybridized carbons (Fsp3) is 0.536. The van der Waals surface area contributed by atoms with Gasteiger partial charge in [0.2, 0.25) is 11.8 Å². The van der Waals surface area contributed by atoms with Gasteiger partial charge in [0, 0.05) is 56.8 Å². The van der Waals surface area contributed by atoms with Crippen LogP contribution in [0.1, 0.15) is 65.2 Å². The first-order chi connectivity index (χ1) is 18.1. The monoisotopic (exact) mass is 528 g/mol. The van der Waals surface area contributed by atoms with Crippen molar-refractivity contribution in [2.45, 2.75) is 57.3 Å². The van der Waals surface area contributed by atoms with E-state index in [9.17, 15) is 22.8 Å². The number of ether oxygens (including phenoxy) is 1. The van der Waals surface area contributed by atoms with Crippen LogP contribution in [0, 0.1) is 5.41 Å². The summed E-state index contributed by atoms with van der Waals surface area (Å²) in [5, 5.41) is 2.98. The number of pyridine rings is 1. The normalized spacial score (nSPS) is 26.8. The van der Waals surface area contributed by atoms with Crippen LogP contribution in [-0.2, 0) is 39.9 Å². The average Bonchev–Trinajstić information content (AvgIpc) is 3.58. The van der Waals surface area contributed by atoms with E-state index < -0.39 is 17.2 Å². The SMILES string of the molecule is COCC1(C(=O)N2CCc3ncc(C(F)(F)F)cc3C2)CCN(C2CCc3c2ccc2c3C(C)C(=O)N2)C1. The molecule has 0 spiro atoms. The van der Waals surface area contributed by atoms with E-state index in [0.717, 1.165) is 42.9 Å². The zero-order chi connectivity index (χ0) is 26.8. The van der Waals surface area contributed by atoms with Crippen molar-refractivity contribution in [1.82, 2.24) is 14.8 Å². The van der Waals surface area contributed by atoms with Gasteiger partial charge in [-0.2, -0.15) is 13.2 Å². The van der Waals surface area contributed by atoms with Gasteiger partial charge in [-0.1, -0.05) is 6.07 Å². The molecule has 1 aliphatic carbocycles. The van der Waals surface area contributed by atoms with Gasteiger partial charge < -0.3 is 15.0 Å². The predicted molar refractivity (Wildman–Crippen MR) is 133 cm³/mol. The van der Waals surface area contributed by atoms with Crippen LogP contribution in [0.15, 0.2) is 24.4 Å². The molecule has 3 aliphatic heterocycles. The summed E-state index contributed by atoms with van der Waals surface area (Å²) in [7, 11) is 1.59. The van der Waals surface area contributed by atoms with Gasteiger partial charge in [-0.3, -0.25) is 19.5 Å². The lowest BCUT2D eigenvalue weighted by molar-refractivity contribution is -0.145. The van der Waals surface area contributed by atoms with E-state index in [2.05, 4.69) is 21.3 Å². The highest BCUT2D eigenvalue weighted by molar-refractivity contribution is 6.03. The third kappa shape index (κ3) is 4.00. The Kier molecular flexibility index (Phi) is 6.03. The Labute approximate surface area is 219 Å². The highest BCUT2D eigenvalue weighted by atomic mass is 19.4. The molecule has 3 atom stereocenters. The molecule has 10 heteroatoms. The Morgan fingerprint density at radius 1 is 1.26 bits per heavy atom. The molecule has 1 N–H and O–H groups in total. The third-order valence-corrected chi connectivity index (χ3v) is 8.86.